The number of aryl methyl sites for hydroxylation is 1. The summed E-state index contributed by atoms with van der Waals surface area (Å²) in [5, 5.41) is 4.74. The van der Waals surface area contributed by atoms with Crippen LogP contribution in [-0.2, 0) is 9.59 Å². The summed E-state index contributed by atoms with van der Waals surface area (Å²) >= 11 is 0.949. The number of nitrogens with one attached hydrogen (secondary N) is 2. The second kappa shape index (κ2) is 6.98. The number of benzene rings is 2. The first-order chi connectivity index (χ1) is 11.9. The second-order valence-corrected chi connectivity index (χ2v) is 6.74. The lowest BCUT2D eigenvalue weighted by Gasteiger charge is -2.15. The first-order valence-corrected chi connectivity index (χ1v) is 8.57. The van der Waals surface area contributed by atoms with Crippen molar-refractivity contribution >= 4 is 45.9 Å². The molecule has 0 saturated carbocycles. The number of anilines is 3. The van der Waals surface area contributed by atoms with Crippen molar-refractivity contribution in [2.75, 3.05) is 15.5 Å². The molecule has 0 aliphatic carbocycles. The van der Waals surface area contributed by atoms with Crippen LogP contribution < -0.4 is 15.5 Å². The molecule has 3 rings (SSSR count). The molecular formula is C18H17N3O3S. The zero-order chi connectivity index (χ0) is 18.0. The van der Waals surface area contributed by atoms with Gasteiger partial charge in [0.15, 0.2) is 5.37 Å². The normalized spacial score (nSPS) is 16.9. The van der Waals surface area contributed by atoms with Crippen LogP contribution in [-0.4, -0.2) is 22.4 Å². The van der Waals surface area contributed by atoms with E-state index in [1.165, 1.54) is 11.8 Å². The topological polar surface area (TPSA) is 78.5 Å². The number of carbonyl (C=O) groups excluding carboxylic acids is 3. The Bertz CT molecular complexity index is 836. The molecule has 1 saturated heterocycles. The molecule has 2 aromatic rings. The first kappa shape index (κ1) is 17.0. The van der Waals surface area contributed by atoms with E-state index in [1.54, 1.807) is 36.4 Å². The van der Waals surface area contributed by atoms with Gasteiger partial charge in [-0.1, -0.05) is 12.1 Å². The van der Waals surface area contributed by atoms with Crippen LogP contribution in [0.3, 0.4) is 0 Å². The van der Waals surface area contributed by atoms with Gasteiger partial charge in [0.05, 0.1) is 5.69 Å². The van der Waals surface area contributed by atoms with E-state index in [2.05, 4.69) is 10.6 Å². The average molecular weight is 355 g/mol. The molecule has 0 unspecified atom stereocenters. The van der Waals surface area contributed by atoms with Crippen LogP contribution in [0.4, 0.5) is 21.9 Å². The molecular weight excluding hydrogens is 338 g/mol. The zero-order valence-electron chi connectivity index (χ0n) is 13.8. The molecule has 1 aliphatic heterocycles. The molecule has 6 nitrogen and oxygen atoms in total. The minimum absolute atomic E-state index is 0.151. The van der Waals surface area contributed by atoms with Gasteiger partial charge in [-0.05, 0) is 60.6 Å². The van der Waals surface area contributed by atoms with Crippen molar-refractivity contribution < 1.29 is 14.4 Å². The summed E-state index contributed by atoms with van der Waals surface area (Å²) in [7, 11) is 0. The Balaban J connectivity index is 1.73. The molecule has 0 bridgehead atoms. The van der Waals surface area contributed by atoms with Crippen molar-refractivity contribution in [2.45, 2.75) is 19.2 Å². The Labute approximate surface area is 149 Å². The van der Waals surface area contributed by atoms with Gasteiger partial charge < -0.3 is 10.6 Å². The highest BCUT2D eigenvalue weighted by Crippen LogP contribution is 2.32. The van der Waals surface area contributed by atoms with Crippen molar-refractivity contribution in [3.8, 4) is 0 Å². The van der Waals surface area contributed by atoms with E-state index in [1.807, 2.05) is 19.1 Å². The predicted octanol–water partition coefficient (Wildman–Crippen LogP) is 3.59. The Kier molecular flexibility index (Phi) is 4.76. The fourth-order valence-corrected chi connectivity index (χ4v) is 3.41. The van der Waals surface area contributed by atoms with E-state index in [0.717, 1.165) is 17.3 Å². The molecule has 25 heavy (non-hydrogen) atoms. The predicted molar refractivity (Wildman–Crippen MR) is 99.8 cm³/mol. The molecule has 128 valence electrons. The van der Waals surface area contributed by atoms with Crippen molar-refractivity contribution in [3.63, 3.8) is 0 Å². The number of thioether (sulfide) groups is 1. The summed E-state index contributed by atoms with van der Waals surface area (Å²) in [6, 6.07) is 14.2. The SMILES string of the molecule is CC(=O)Nc1ccc(N[C@@H]2SC(=O)N(c3cccc(C)c3)C2=O)cc1. The van der Waals surface area contributed by atoms with E-state index in [4.69, 9.17) is 0 Å². The Morgan fingerprint density at radius 1 is 1.08 bits per heavy atom. The van der Waals surface area contributed by atoms with Crippen LogP contribution in [0.15, 0.2) is 48.5 Å². The number of imide groups is 1. The lowest BCUT2D eigenvalue weighted by molar-refractivity contribution is -0.116. The number of carbonyl (C=O) groups is 3. The van der Waals surface area contributed by atoms with Crippen molar-refractivity contribution in [1.82, 2.24) is 0 Å². The summed E-state index contributed by atoms with van der Waals surface area (Å²) in [4.78, 5) is 37.1. The number of hydrogen-bond donors (Lipinski definition) is 2. The number of nitrogens with zero attached hydrogens (tertiary/aromatic N) is 1. The maximum atomic E-state index is 12.6. The van der Waals surface area contributed by atoms with Crippen LogP contribution in [0.1, 0.15) is 12.5 Å². The number of hydrogen-bond acceptors (Lipinski definition) is 5. The van der Waals surface area contributed by atoms with Gasteiger partial charge in [-0.2, -0.15) is 0 Å². The Hall–Kier alpha value is -2.80. The molecule has 0 spiro atoms. The van der Waals surface area contributed by atoms with Gasteiger partial charge in [-0.3, -0.25) is 14.4 Å². The standard InChI is InChI=1S/C18H17N3O3S/c1-11-4-3-5-15(10-11)21-17(23)16(25-18(21)24)20-14-8-6-13(7-9-14)19-12(2)22/h3-10,16,20H,1-2H3,(H,19,22)/t16-/m1/s1. The van der Waals surface area contributed by atoms with Crippen LogP contribution in [0.5, 0.6) is 0 Å². The largest absolute Gasteiger partial charge is 0.365 e. The number of rotatable bonds is 4. The summed E-state index contributed by atoms with van der Waals surface area (Å²) in [6.07, 6.45) is 0. The molecule has 1 heterocycles. The third kappa shape index (κ3) is 3.83. The molecule has 2 aromatic carbocycles. The highest BCUT2D eigenvalue weighted by molar-refractivity contribution is 8.16. The third-order valence-corrected chi connectivity index (χ3v) is 4.55. The Morgan fingerprint density at radius 2 is 1.76 bits per heavy atom. The summed E-state index contributed by atoms with van der Waals surface area (Å²) in [5.41, 5.74) is 2.92. The minimum atomic E-state index is -0.681. The first-order valence-electron chi connectivity index (χ1n) is 7.69. The van der Waals surface area contributed by atoms with Gasteiger partial charge >= 0.3 is 0 Å². The molecule has 0 aromatic heterocycles. The van der Waals surface area contributed by atoms with Gasteiger partial charge in [-0.25, -0.2) is 4.90 Å². The summed E-state index contributed by atoms with van der Waals surface area (Å²) in [5.74, 6) is -0.451. The van der Waals surface area contributed by atoms with Crippen LogP contribution in [0, 0.1) is 6.92 Å². The highest BCUT2D eigenvalue weighted by atomic mass is 32.2. The smallest absolute Gasteiger partial charge is 0.295 e. The van der Waals surface area contributed by atoms with Crippen LogP contribution in [0.25, 0.3) is 0 Å². The molecule has 0 radical (unpaired) electrons. The second-order valence-electron chi connectivity index (χ2n) is 5.68. The van der Waals surface area contributed by atoms with Crippen molar-refractivity contribution in [1.29, 1.82) is 0 Å². The van der Waals surface area contributed by atoms with Gasteiger partial charge in [0.1, 0.15) is 0 Å². The van der Waals surface area contributed by atoms with Crippen molar-refractivity contribution in [3.05, 3.63) is 54.1 Å². The van der Waals surface area contributed by atoms with Gasteiger partial charge in [0, 0.05) is 18.3 Å². The van der Waals surface area contributed by atoms with E-state index in [0.29, 0.717) is 17.1 Å². The lowest BCUT2D eigenvalue weighted by atomic mass is 10.2. The van der Waals surface area contributed by atoms with E-state index >= 15 is 0 Å². The third-order valence-electron chi connectivity index (χ3n) is 3.61. The average Bonchev–Trinajstić information content (AvgIpc) is 2.83. The monoisotopic (exact) mass is 355 g/mol. The maximum Gasteiger partial charge on any atom is 0.295 e. The van der Waals surface area contributed by atoms with Gasteiger partial charge in [-0.15, -0.1) is 0 Å². The quantitative estimate of drug-likeness (QED) is 0.876. The zero-order valence-corrected chi connectivity index (χ0v) is 14.6. The maximum absolute atomic E-state index is 12.6. The minimum Gasteiger partial charge on any atom is -0.365 e. The highest BCUT2D eigenvalue weighted by Gasteiger charge is 2.40. The molecule has 1 fully saturated rings. The fraction of sp³-hybridized carbons (Fsp3) is 0.167. The molecule has 3 amide bonds. The lowest BCUT2D eigenvalue weighted by Crippen LogP contribution is -2.34. The molecule has 1 atom stereocenters. The molecule has 2 N–H and O–H groups in total. The molecule has 7 heteroatoms. The summed E-state index contributed by atoms with van der Waals surface area (Å²) in [6.45, 7) is 3.35. The fourth-order valence-electron chi connectivity index (χ4n) is 2.51. The number of amides is 3. The van der Waals surface area contributed by atoms with Gasteiger partial charge in [0.25, 0.3) is 11.1 Å². The summed E-state index contributed by atoms with van der Waals surface area (Å²) < 4.78 is 0. The van der Waals surface area contributed by atoms with Crippen LogP contribution in [0.2, 0.25) is 0 Å². The van der Waals surface area contributed by atoms with Gasteiger partial charge in [0.2, 0.25) is 5.91 Å². The van der Waals surface area contributed by atoms with E-state index in [9.17, 15) is 14.4 Å². The Morgan fingerprint density at radius 3 is 2.40 bits per heavy atom. The molecule has 1 aliphatic rings. The van der Waals surface area contributed by atoms with Crippen molar-refractivity contribution in [2.24, 2.45) is 0 Å². The van der Waals surface area contributed by atoms with E-state index < -0.39 is 5.37 Å². The van der Waals surface area contributed by atoms with Crippen LogP contribution >= 0.6 is 11.8 Å². The van der Waals surface area contributed by atoms with E-state index in [-0.39, 0.29) is 17.1 Å².